The summed E-state index contributed by atoms with van der Waals surface area (Å²) in [6.45, 7) is 8.41. The average molecular weight is 341 g/mol. The van der Waals surface area contributed by atoms with Crippen molar-refractivity contribution < 1.29 is 14.3 Å². The van der Waals surface area contributed by atoms with Crippen LogP contribution in [0.2, 0.25) is 0 Å². The lowest BCUT2D eigenvalue weighted by Crippen LogP contribution is -2.56. The monoisotopic (exact) mass is 341 g/mol. The van der Waals surface area contributed by atoms with E-state index in [1.807, 2.05) is 52.0 Å². The number of ether oxygens (including phenoxy) is 1. The predicted octanol–water partition coefficient (Wildman–Crippen LogP) is 2.51. The number of benzene rings is 1. The number of anilines is 1. The second kappa shape index (κ2) is 6.44. The minimum Gasteiger partial charge on any atom is -0.369 e. The summed E-state index contributed by atoms with van der Waals surface area (Å²) in [5.74, 6) is -1.20. The van der Waals surface area contributed by atoms with Gasteiger partial charge in [-0.15, -0.1) is 0 Å². The molecule has 2 heterocycles. The summed E-state index contributed by atoms with van der Waals surface area (Å²) in [5.41, 5.74) is 1.61. The Morgan fingerprint density at radius 2 is 2.04 bits per heavy atom. The molecule has 0 spiro atoms. The first-order chi connectivity index (χ1) is 11.7. The summed E-state index contributed by atoms with van der Waals surface area (Å²) < 4.78 is 5.79. The van der Waals surface area contributed by atoms with Crippen LogP contribution in [-0.4, -0.2) is 46.5 Å². The number of rotatable bonds is 1. The van der Waals surface area contributed by atoms with Crippen LogP contribution in [-0.2, 0) is 14.3 Å². The number of carbonyl (C=O) groups excluding carboxylic acids is 2. The molecule has 3 rings (SSSR count). The third kappa shape index (κ3) is 3.79. The molecule has 1 N–H and O–H groups in total. The van der Waals surface area contributed by atoms with Gasteiger partial charge >= 0.3 is 11.8 Å². The quantitative estimate of drug-likeness (QED) is 0.809. The number of fused-ring (bicyclic) bond motifs is 1. The summed E-state index contributed by atoms with van der Waals surface area (Å²) in [4.78, 5) is 31.1. The first-order valence-corrected chi connectivity index (χ1v) is 8.40. The Balaban J connectivity index is 1.80. The van der Waals surface area contributed by atoms with Gasteiger partial charge in [-0.05, 0) is 39.8 Å². The lowest BCUT2D eigenvalue weighted by molar-refractivity contribution is -0.161. The fourth-order valence-electron chi connectivity index (χ4n) is 3.27. The Kier molecular flexibility index (Phi) is 4.47. The molecule has 6 nitrogen and oxygen atoms in total. The maximum Gasteiger partial charge on any atom is 0.313 e. The lowest BCUT2D eigenvalue weighted by Gasteiger charge is -2.41. The van der Waals surface area contributed by atoms with E-state index >= 15 is 0 Å². The van der Waals surface area contributed by atoms with Crippen LogP contribution in [0.4, 0.5) is 5.69 Å². The SMILES string of the molecule is Cc1ccc2cccc(NC(=O)C(=O)N3CC(C)OC(C)(C)C3)c2n1. The van der Waals surface area contributed by atoms with E-state index in [1.165, 1.54) is 0 Å². The standard InChI is InChI=1S/C19H23N3O3/c1-12-8-9-14-6-5-7-15(16(14)20-12)21-17(23)18(24)22-10-13(2)25-19(3,4)11-22/h5-9,13H,10-11H2,1-4H3,(H,21,23). The normalized spacial score (nSPS) is 19.7. The molecular weight excluding hydrogens is 318 g/mol. The van der Waals surface area contributed by atoms with Gasteiger partial charge in [0.1, 0.15) is 0 Å². The third-order valence-corrected chi connectivity index (χ3v) is 4.16. The molecule has 1 aliphatic rings. The predicted molar refractivity (Wildman–Crippen MR) is 96.3 cm³/mol. The Morgan fingerprint density at radius 1 is 1.28 bits per heavy atom. The molecule has 2 amide bonds. The second-order valence-electron chi connectivity index (χ2n) is 7.16. The highest BCUT2D eigenvalue weighted by molar-refractivity contribution is 6.40. The van der Waals surface area contributed by atoms with Gasteiger partial charge in [0.15, 0.2) is 0 Å². The fourth-order valence-corrected chi connectivity index (χ4v) is 3.27. The number of pyridine rings is 1. The molecule has 25 heavy (non-hydrogen) atoms. The molecule has 0 aliphatic carbocycles. The van der Waals surface area contributed by atoms with Crippen LogP contribution in [0.15, 0.2) is 30.3 Å². The van der Waals surface area contributed by atoms with Gasteiger partial charge in [0.2, 0.25) is 0 Å². The van der Waals surface area contributed by atoms with Gasteiger partial charge in [-0.25, -0.2) is 0 Å². The van der Waals surface area contributed by atoms with Gasteiger partial charge in [-0.3, -0.25) is 14.6 Å². The van der Waals surface area contributed by atoms with E-state index < -0.39 is 17.4 Å². The highest BCUT2D eigenvalue weighted by Gasteiger charge is 2.36. The number of aromatic nitrogens is 1. The topological polar surface area (TPSA) is 71.5 Å². The third-order valence-electron chi connectivity index (χ3n) is 4.16. The number of carbonyl (C=O) groups is 2. The first kappa shape index (κ1) is 17.4. The van der Waals surface area contributed by atoms with Crippen LogP contribution < -0.4 is 5.32 Å². The van der Waals surface area contributed by atoms with Gasteiger partial charge in [0, 0.05) is 24.2 Å². The van der Waals surface area contributed by atoms with E-state index in [0.29, 0.717) is 24.3 Å². The van der Waals surface area contributed by atoms with Crippen LogP contribution in [0.25, 0.3) is 10.9 Å². The zero-order valence-electron chi connectivity index (χ0n) is 15.0. The number of hydrogen-bond donors (Lipinski definition) is 1. The summed E-state index contributed by atoms with van der Waals surface area (Å²) in [6, 6.07) is 9.37. The first-order valence-electron chi connectivity index (χ1n) is 8.40. The molecule has 0 radical (unpaired) electrons. The number of nitrogens with one attached hydrogen (secondary N) is 1. The van der Waals surface area contributed by atoms with Crippen molar-refractivity contribution in [3.8, 4) is 0 Å². The number of morpholine rings is 1. The van der Waals surface area contributed by atoms with E-state index in [0.717, 1.165) is 11.1 Å². The summed E-state index contributed by atoms with van der Waals surface area (Å²) in [5, 5.41) is 3.63. The molecule has 1 atom stereocenters. The molecule has 0 saturated carbocycles. The molecule has 0 bridgehead atoms. The molecule has 132 valence electrons. The lowest BCUT2D eigenvalue weighted by atomic mass is 10.1. The Morgan fingerprint density at radius 3 is 2.76 bits per heavy atom. The largest absolute Gasteiger partial charge is 0.369 e. The zero-order valence-corrected chi connectivity index (χ0v) is 15.0. The molecule has 1 aromatic heterocycles. The number of nitrogens with zero attached hydrogens (tertiary/aromatic N) is 2. The minimum atomic E-state index is -0.652. The molecule has 6 heteroatoms. The molecule has 1 saturated heterocycles. The van der Waals surface area contributed by atoms with Crippen molar-refractivity contribution in [1.29, 1.82) is 0 Å². The summed E-state index contributed by atoms with van der Waals surface area (Å²) in [7, 11) is 0. The fraction of sp³-hybridized carbons (Fsp3) is 0.421. The van der Waals surface area contributed by atoms with Crippen molar-refractivity contribution >= 4 is 28.4 Å². The Hall–Kier alpha value is -2.47. The molecular formula is C19H23N3O3. The minimum absolute atomic E-state index is 0.109. The van der Waals surface area contributed by atoms with Gasteiger partial charge in [0.05, 0.1) is 22.9 Å². The molecule has 1 unspecified atom stereocenters. The number of hydrogen-bond acceptors (Lipinski definition) is 4. The van der Waals surface area contributed by atoms with Gasteiger partial charge < -0.3 is 15.0 Å². The van der Waals surface area contributed by atoms with Gasteiger partial charge in [0.25, 0.3) is 0 Å². The van der Waals surface area contributed by atoms with Crippen molar-refractivity contribution in [3.05, 3.63) is 36.0 Å². The van der Waals surface area contributed by atoms with Crippen LogP contribution in [0.3, 0.4) is 0 Å². The maximum atomic E-state index is 12.6. The molecule has 1 aromatic carbocycles. The van der Waals surface area contributed by atoms with Crippen molar-refractivity contribution in [2.75, 3.05) is 18.4 Å². The van der Waals surface area contributed by atoms with Crippen molar-refractivity contribution in [3.63, 3.8) is 0 Å². The van der Waals surface area contributed by atoms with E-state index in [4.69, 9.17) is 4.74 Å². The molecule has 2 aromatic rings. The summed E-state index contributed by atoms with van der Waals surface area (Å²) >= 11 is 0. The van der Waals surface area contributed by atoms with Crippen molar-refractivity contribution in [2.24, 2.45) is 0 Å². The zero-order chi connectivity index (χ0) is 18.2. The molecule has 1 aliphatic heterocycles. The van der Waals surface area contributed by atoms with Crippen LogP contribution >= 0.6 is 0 Å². The highest BCUT2D eigenvalue weighted by Crippen LogP contribution is 2.23. The van der Waals surface area contributed by atoms with Crippen molar-refractivity contribution in [2.45, 2.75) is 39.4 Å². The smallest absolute Gasteiger partial charge is 0.313 e. The number of para-hydroxylation sites is 1. The van der Waals surface area contributed by atoms with E-state index in [9.17, 15) is 9.59 Å². The number of aryl methyl sites for hydroxylation is 1. The van der Waals surface area contributed by atoms with Gasteiger partial charge in [-0.1, -0.05) is 18.2 Å². The average Bonchev–Trinajstić information content (AvgIpc) is 2.52. The highest BCUT2D eigenvalue weighted by atomic mass is 16.5. The van der Waals surface area contributed by atoms with Crippen LogP contribution in [0, 0.1) is 6.92 Å². The maximum absolute atomic E-state index is 12.6. The van der Waals surface area contributed by atoms with Crippen molar-refractivity contribution in [1.82, 2.24) is 9.88 Å². The Labute approximate surface area is 147 Å². The Bertz CT molecular complexity index is 832. The second-order valence-corrected chi connectivity index (χ2v) is 7.16. The van der Waals surface area contributed by atoms with E-state index in [-0.39, 0.29) is 6.10 Å². The van der Waals surface area contributed by atoms with Crippen LogP contribution in [0.5, 0.6) is 0 Å². The van der Waals surface area contributed by atoms with Crippen LogP contribution in [0.1, 0.15) is 26.5 Å². The number of amides is 2. The molecule has 1 fully saturated rings. The van der Waals surface area contributed by atoms with E-state index in [1.54, 1.807) is 11.0 Å². The summed E-state index contributed by atoms with van der Waals surface area (Å²) in [6.07, 6.45) is -0.109. The van der Waals surface area contributed by atoms with E-state index in [2.05, 4.69) is 10.3 Å². The van der Waals surface area contributed by atoms with Gasteiger partial charge in [-0.2, -0.15) is 0 Å².